The number of nitrogens with one attached hydrogen (secondary N) is 3. The van der Waals surface area contributed by atoms with Crippen LogP contribution >= 0.6 is 0 Å². The van der Waals surface area contributed by atoms with Gasteiger partial charge in [0, 0.05) is 25.3 Å². The standard InChI is InChI=1S/C26H27F4N7O4/c1-14(34-19-12-33-36-24(39)21(19)26(28,29)30)4-3-7-37-8-5-15-10-17(18(27)11-16(15)25(37)40)22-32-13-20(41-2)23(35-22)31-6-9-38/h5,8,10-14,38H,3-4,6-7,9H2,1-2H3,(H,31,32,35)(H2,34,36,39). The van der Waals surface area contributed by atoms with Crippen LogP contribution < -0.4 is 26.5 Å². The van der Waals surface area contributed by atoms with Gasteiger partial charge in [-0.2, -0.15) is 18.3 Å². The minimum Gasteiger partial charge on any atom is -0.491 e. The molecule has 1 atom stereocenters. The maximum absolute atomic E-state index is 15.2. The molecule has 0 saturated heterocycles. The monoisotopic (exact) mass is 577 g/mol. The summed E-state index contributed by atoms with van der Waals surface area (Å²) in [4.78, 5) is 33.2. The number of aliphatic hydroxyl groups excluding tert-OH is 1. The van der Waals surface area contributed by atoms with E-state index in [-0.39, 0.29) is 42.3 Å². The SMILES string of the molecule is COc1cnc(-c2cc3ccn(CCCC(C)Nc4cn[nH]c(=O)c4C(F)(F)F)c(=O)c3cc2F)nc1NCCO. The van der Waals surface area contributed by atoms with E-state index in [1.807, 2.05) is 0 Å². The fourth-order valence-electron chi connectivity index (χ4n) is 4.30. The van der Waals surface area contributed by atoms with E-state index in [1.54, 1.807) is 24.3 Å². The number of nitrogens with zero attached hydrogens (tertiary/aromatic N) is 4. The van der Waals surface area contributed by atoms with Crippen molar-refractivity contribution in [2.24, 2.45) is 0 Å². The minimum absolute atomic E-state index is 0.0561. The van der Waals surface area contributed by atoms with Crippen LogP contribution in [0.5, 0.6) is 5.75 Å². The number of aromatic amines is 1. The molecule has 0 radical (unpaired) electrons. The Balaban J connectivity index is 1.49. The number of methoxy groups -OCH3 is 1. The predicted octanol–water partition coefficient (Wildman–Crippen LogP) is 3.39. The molecule has 4 aromatic rings. The van der Waals surface area contributed by atoms with Gasteiger partial charge in [0.25, 0.3) is 11.1 Å². The van der Waals surface area contributed by atoms with Crippen molar-refractivity contribution in [1.29, 1.82) is 0 Å². The first-order valence-electron chi connectivity index (χ1n) is 12.5. The van der Waals surface area contributed by atoms with E-state index in [4.69, 9.17) is 9.84 Å². The van der Waals surface area contributed by atoms with Gasteiger partial charge in [-0.05, 0) is 43.4 Å². The van der Waals surface area contributed by atoms with E-state index in [0.717, 1.165) is 12.3 Å². The lowest BCUT2D eigenvalue weighted by atomic mass is 10.1. The summed E-state index contributed by atoms with van der Waals surface area (Å²) in [6.07, 6.45) is -0.262. The number of ether oxygens (including phenoxy) is 1. The maximum atomic E-state index is 15.2. The van der Waals surface area contributed by atoms with Crippen molar-refractivity contribution in [3.8, 4) is 17.1 Å². The molecule has 1 unspecified atom stereocenters. The highest BCUT2D eigenvalue weighted by atomic mass is 19.4. The van der Waals surface area contributed by atoms with Crippen LogP contribution in [-0.2, 0) is 12.7 Å². The van der Waals surface area contributed by atoms with E-state index in [0.29, 0.717) is 24.0 Å². The second-order valence-corrected chi connectivity index (χ2v) is 9.17. The Labute approximate surface area is 230 Å². The Kier molecular flexibility index (Phi) is 8.86. The topological polar surface area (TPSA) is 147 Å². The van der Waals surface area contributed by atoms with E-state index in [9.17, 15) is 22.8 Å². The van der Waals surface area contributed by atoms with Crippen LogP contribution in [0.4, 0.5) is 29.1 Å². The van der Waals surface area contributed by atoms with Gasteiger partial charge in [0.15, 0.2) is 17.4 Å². The number of H-pyrrole nitrogens is 1. The molecular formula is C26H27F4N7O4. The zero-order valence-corrected chi connectivity index (χ0v) is 22.0. The summed E-state index contributed by atoms with van der Waals surface area (Å²) in [7, 11) is 1.42. The number of rotatable bonds is 11. The van der Waals surface area contributed by atoms with Gasteiger partial charge in [-0.3, -0.25) is 9.59 Å². The van der Waals surface area contributed by atoms with Crippen LogP contribution in [0, 0.1) is 5.82 Å². The van der Waals surface area contributed by atoms with Gasteiger partial charge in [0.05, 0.1) is 42.7 Å². The third-order valence-corrected chi connectivity index (χ3v) is 6.26. The summed E-state index contributed by atoms with van der Waals surface area (Å²) in [6, 6.07) is 3.75. The Morgan fingerprint density at radius 1 is 1.22 bits per heavy atom. The van der Waals surface area contributed by atoms with Crippen LogP contribution in [0.2, 0.25) is 0 Å². The molecule has 218 valence electrons. The van der Waals surface area contributed by atoms with Crippen molar-refractivity contribution in [3.63, 3.8) is 0 Å². The van der Waals surface area contributed by atoms with Crippen molar-refractivity contribution in [2.75, 3.05) is 30.9 Å². The Morgan fingerprint density at radius 2 is 2.00 bits per heavy atom. The lowest BCUT2D eigenvalue weighted by Gasteiger charge is -2.18. The number of alkyl halides is 3. The highest BCUT2D eigenvalue weighted by Gasteiger charge is 2.37. The Bertz CT molecular complexity index is 1660. The number of hydrogen-bond acceptors (Lipinski definition) is 9. The van der Waals surface area contributed by atoms with Crippen molar-refractivity contribution >= 4 is 22.3 Å². The van der Waals surface area contributed by atoms with Gasteiger partial charge in [-0.15, -0.1) is 0 Å². The van der Waals surface area contributed by atoms with Crippen molar-refractivity contribution in [3.05, 3.63) is 68.9 Å². The fourth-order valence-corrected chi connectivity index (χ4v) is 4.30. The number of fused-ring (bicyclic) bond motifs is 1. The fraction of sp³-hybridized carbons (Fsp3) is 0.346. The maximum Gasteiger partial charge on any atom is 0.423 e. The van der Waals surface area contributed by atoms with Gasteiger partial charge in [0.2, 0.25) is 0 Å². The Hall–Kier alpha value is -4.53. The zero-order chi connectivity index (χ0) is 29.7. The van der Waals surface area contributed by atoms with Crippen LogP contribution in [0.25, 0.3) is 22.2 Å². The Morgan fingerprint density at radius 3 is 2.71 bits per heavy atom. The summed E-state index contributed by atoms with van der Waals surface area (Å²) >= 11 is 0. The average molecular weight is 578 g/mol. The number of aryl methyl sites for hydroxylation is 1. The molecule has 3 aromatic heterocycles. The lowest BCUT2D eigenvalue weighted by molar-refractivity contribution is -0.138. The molecule has 0 aliphatic rings. The van der Waals surface area contributed by atoms with Crippen LogP contribution in [0.3, 0.4) is 0 Å². The summed E-state index contributed by atoms with van der Waals surface area (Å²) in [5.74, 6) is -0.0724. The molecule has 0 fully saturated rings. The molecule has 0 saturated carbocycles. The second kappa shape index (κ2) is 12.3. The van der Waals surface area contributed by atoms with Gasteiger partial charge in [0.1, 0.15) is 11.4 Å². The molecule has 4 rings (SSSR count). The molecule has 0 aliphatic carbocycles. The number of hydrogen-bond donors (Lipinski definition) is 4. The third-order valence-electron chi connectivity index (χ3n) is 6.26. The lowest BCUT2D eigenvalue weighted by Crippen LogP contribution is -2.27. The molecule has 3 heterocycles. The minimum atomic E-state index is -4.86. The number of anilines is 2. The van der Waals surface area contributed by atoms with Crippen LogP contribution in [-0.4, -0.2) is 56.1 Å². The van der Waals surface area contributed by atoms with E-state index >= 15 is 4.39 Å². The molecular weight excluding hydrogens is 550 g/mol. The predicted molar refractivity (Wildman–Crippen MR) is 143 cm³/mol. The molecule has 41 heavy (non-hydrogen) atoms. The number of aliphatic hydroxyl groups is 1. The van der Waals surface area contributed by atoms with E-state index in [1.165, 1.54) is 23.9 Å². The number of benzene rings is 1. The molecule has 0 spiro atoms. The zero-order valence-electron chi connectivity index (χ0n) is 22.0. The summed E-state index contributed by atoms with van der Waals surface area (Å²) in [5.41, 5.74) is -3.50. The van der Waals surface area contributed by atoms with Crippen molar-refractivity contribution in [1.82, 2.24) is 24.7 Å². The normalized spacial score (nSPS) is 12.4. The van der Waals surface area contributed by atoms with Gasteiger partial charge in [-0.25, -0.2) is 19.5 Å². The first-order chi connectivity index (χ1) is 19.5. The average Bonchev–Trinajstić information content (AvgIpc) is 2.92. The molecule has 11 nitrogen and oxygen atoms in total. The third kappa shape index (κ3) is 6.62. The van der Waals surface area contributed by atoms with Gasteiger partial charge in [-0.1, -0.05) is 0 Å². The van der Waals surface area contributed by atoms with E-state index in [2.05, 4.69) is 25.7 Å². The number of aromatic nitrogens is 5. The second-order valence-electron chi connectivity index (χ2n) is 9.17. The molecule has 0 bridgehead atoms. The molecule has 0 aliphatic heterocycles. The smallest absolute Gasteiger partial charge is 0.423 e. The summed E-state index contributed by atoms with van der Waals surface area (Å²) in [6.45, 7) is 1.91. The van der Waals surface area contributed by atoms with Crippen LogP contribution in [0.1, 0.15) is 25.3 Å². The highest BCUT2D eigenvalue weighted by molar-refractivity contribution is 5.86. The summed E-state index contributed by atoms with van der Waals surface area (Å²) in [5, 5.41) is 20.4. The first-order valence-corrected chi connectivity index (χ1v) is 12.5. The largest absolute Gasteiger partial charge is 0.491 e. The van der Waals surface area contributed by atoms with E-state index < -0.39 is 40.4 Å². The number of halogens is 4. The van der Waals surface area contributed by atoms with Crippen LogP contribution in [0.15, 0.2) is 46.4 Å². The highest BCUT2D eigenvalue weighted by Crippen LogP contribution is 2.32. The molecule has 4 N–H and O–H groups in total. The quantitative estimate of drug-likeness (QED) is 0.197. The van der Waals surface area contributed by atoms with Gasteiger partial charge >= 0.3 is 6.18 Å². The van der Waals surface area contributed by atoms with Crippen molar-refractivity contribution in [2.45, 2.75) is 38.5 Å². The molecule has 15 heteroatoms. The van der Waals surface area contributed by atoms with Gasteiger partial charge < -0.3 is 25.0 Å². The summed E-state index contributed by atoms with van der Waals surface area (Å²) < 4.78 is 61.6. The molecule has 0 amide bonds. The number of pyridine rings is 1. The van der Waals surface area contributed by atoms with Crippen molar-refractivity contribution < 1.29 is 27.4 Å². The molecule has 1 aromatic carbocycles. The first kappa shape index (κ1) is 29.5.